The molecule has 3 heteroatoms. The smallest absolute Gasteiger partial charge is 0.126 e. The standard InChI is InChI=1S/C17H20FNS/c1-11-5-4-6-14(7-11)10-20-17-8-12(2)16(18)9-15(17)13(3)19/h4-9,13H,10,19H2,1-3H3/t13-/m1/s1. The Morgan fingerprint density at radius 1 is 1.20 bits per heavy atom. The fraction of sp³-hybridized carbons (Fsp3) is 0.294. The molecule has 0 aliphatic heterocycles. The molecule has 0 amide bonds. The number of aryl methyl sites for hydroxylation is 2. The summed E-state index contributed by atoms with van der Waals surface area (Å²) in [5.41, 5.74) is 10.0. The minimum atomic E-state index is -0.183. The Balaban J connectivity index is 2.22. The van der Waals surface area contributed by atoms with E-state index < -0.39 is 0 Å². The van der Waals surface area contributed by atoms with Gasteiger partial charge < -0.3 is 5.73 Å². The van der Waals surface area contributed by atoms with Crippen LogP contribution in [0.25, 0.3) is 0 Å². The molecule has 0 heterocycles. The van der Waals surface area contributed by atoms with E-state index in [1.807, 2.05) is 13.0 Å². The van der Waals surface area contributed by atoms with Crippen molar-refractivity contribution >= 4 is 11.8 Å². The van der Waals surface area contributed by atoms with Crippen molar-refractivity contribution in [3.8, 4) is 0 Å². The topological polar surface area (TPSA) is 26.0 Å². The highest BCUT2D eigenvalue weighted by Crippen LogP contribution is 2.31. The van der Waals surface area contributed by atoms with Crippen LogP contribution < -0.4 is 5.73 Å². The zero-order valence-electron chi connectivity index (χ0n) is 12.1. The maximum atomic E-state index is 13.7. The van der Waals surface area contributed by atoms with Gasteiger partial charge in [0.1, 0.15) is 5.82 Å². The molecule has 0 fully saturated rings. The summed E-state index contributed by atoms with van der Waals surface area (Å²) in [5.74, 6) is 0.684. The van der Waals surface area contributed by atoms with Crippen LogP contribution in [0.15, 0.2) is 41.3 Å². The normalized spacial score (nSPS) is 12.4. The van der Waals surface area contributed by atoms with E-state index in [0.29, 0.717) is 5.56 Å². The molecule has 0 saturated carbocycles. The predicted octanol–water partition coefficient (Wildman–Crippen LogP) is 4.75. The first-order valence-corrected chi connectivity index (χ1v) is 7.70. The van der Waals surface area contributed by atoms with Gasteiger partial charge in [-0.3, -0.25) is 0 Å². The summed E-state index contributed by atoms with van der Waals surface area (Å²) in [6.07, 6.45) is 0. The van der Waals surface area contributed by atoms with E-state index in [4.69, 9.17) is 5.73 Å². The third-order valence-electron chi connectivity index (χ3n) is 3.26. The van der Waals surface area contributed by atoms with Gasteiger partial charge in [0.25, 0.3) is 0 Å². The average molecular weight is 289 g/mol. The van der Waals surface area contributed by atoms with Crippen molar-refractivity contribution in [2.45, 2.75) is 37.5 Å². The van der Waals surface area contributed by atoms with E-state index in [1.165, 1.54) is 11.1 Å². The lowest BCUT2D eigenvalue weighted by molar-refractivity contribution is 0.610. The van der Waals surface area contributed by atoms with Gasteiger partial charge in [-0.2, -0.15) is 0 Å². The second kappa shape index (κ2) is 6.42. The van der Waals surface area contributed by atoms with Crippen LogP contribution in [0.2, 0.25) is 0 Å². The van der Waals surface area contributed by atoms with Gasteiger partial charge >= 0.3 is 0 Å². The van der Waals surface area contributed by atoms with Gasteiger partial charge in [0.15, 0.2) is 0 Å². The quantitative estimate of drug-likeness (QED) is 0.822. The Morgan fingerprint density at radius 3 is 2.60 bits per heavy atom. The zero-order chi connectivity index (χ0) is 14.7. The first-order chi connectivity index (χ1) is 9.47. The average Bonchev–Trinajstić information content (AvgIpc) is 2.39. The van der Waals surface area contributed by atoms with Crippen LogP contribution in [0.4, 0.5) is 4.39 Å². The molecule has 0 aliphatic rings. The third-order valence-corrected chi connectivity index (χ3v) is 4.40. The van der Waals surface area contributed by atoms with Crippen molar-refractivity contribution in [3.05, 3.63) is 64.5 Å². The Kier molecular flexibility index (Phi) is 4.84. The molecular formula is C17H20FNS. The number of thioether (sulfide) groups is 1. The number of rotatable bonds is 4. The fourth-order valence-electron chi connectivity index (χ4n) is 2.11. The van der Waals surface area contributed by atoms with Gasteiger partial charge in [-0.25, -0.2) is 4.39 Å². The highest BCUT2D eigenvalue weighted by atomic mass is 32.2. The molecule has 1 atom stereocenters. The van der Waals surface area contributed by atoms with Gasteiger partial charge in [-0.15, -0.1) is 11.8 Å². The van der Waals surface area contributed by atoms with Crippen molar-refractivity contribution in [1.29, 1.82) is 0 Å². The van der Waals surface area contributed by atoms with Crippen LogP contribution >= 0.6 is 11.8 Å². The van der Waals surface area contributed by atoms with Crippen LogP contribution in [0.5, 0.6) is 0 Å². The second-order valence-corrected chi connectivity index (χ2v) is 6.22. The SMILES string of the molecule is Cc1cccc(CSc2cc(C)c(F)cc2[C@@H](C)N)c1. The Hall–Kier alpha value is -1.32. The molecule has 0 radical (unpaired) electrons. The van der Waals surface area contributed by atoms with Gasteiger partial charge in [-0.05, 0) is 49.6 Å². The maximum Gasteiger partial charge on any atom is 0.126 e. The number of hydrogen-bond donors (Lipinski definition) is 1. The molecule has 0 saturated heterocycles. The van der Waals surface area contributed by atoms with Crippen molar-refractivity contribution in [2.24, 2.45) is 5.73 Å². The summed E-state index contributed by atoms with van der Waals surface area (Å²) in [5, 5.41) is 0. The second-order valence-electron chi connectivity index (χ2n) is 5.21. The summed E-state index contributed by atoms with van der Waals surface area (Å²) in [7, 11) is 0. The van der Waals surface area contributed by atoms with Crippen LogP contribution in [0.1, 0.15) is 35.2 Å². The number of hydrogen-bond acceptors (Lipinski definition) is 2. The van der Waals surface area contributed by atoms with Crippen molar-refractivity contribution in [3.63, 3.8) is 0 Å². The summed E-state index contributed by atoms with van der Waals surface area (Å²) in [6, 6.07) is 11.7. The van der Waals surface area contributed by atoms with E-state index in [9.17, 15) is 4.39 Å². The monoisotopic (exact) mass is 289 g/mol. The van der Waals surface area contributed by atoms with Crippen molar-refractivity contribution in [1.82, 2.24) is 0 Å². The summed E-state index contributed by atoms with van der Waals surface area (Å²) in [4.78, 5) is 1.07. The molecular weight excluding hydrogens is 269 g/mol. The van der Waals surface area contributed by atoms with Crippen LogP contribution in [0, 0.1) is 19.7 Å². The molecule has 106 valence electrons. The van der Waals surface area contributed by atoms with Gasteiger partial charge in [-0.1, -0.05) is 29.8 Å². The number of nitrogens with two attached hydrogens (primary N) is 1. The largest absolute Gasteiger partial charge is 0.324 e. The van der Waals surface area contributed by atoms with Gasteiger partial charge in [0, 0.05) is 16.7 Å². The Labute approximate surface area is 124 Å². The molecule has 2 rings (SSSR count). The Bertz CT molecular complexity index is 608. The lowest BCUT2D eigenvalue weighted by atomic mass is 10.1. The molecule has 2 N–H and O–H groups in total. The van der Waals surface area contributed by atoms with Crippen LogP contribution in [-0.2, 0) is 5.75 Å². The molecule has 20 heavy (non-hydrogen) atoms. The van der Waals surface area contributed by atoms with Crippen molar-refractivity contribution < 1.29 is 4.39 Å². The molecule has 0 bridgehead atoms. The molecule has 0 spiro atoms. The Morgan fingerprint density at radius 2 is 1.95 bits per heavy atom. The fourth-order valence-corrected chi connectivity index (χ4v) is 3.29. The summed E-state index contributed by atoms with van der Waals surface area (Å²) in [6.45, 7) is 5.77. The summed E-state index contributed by atoms with van der Waals surface area (Å²) < 4.78 is 13.7. The minimum absolute atomic E-state index is 0.162. The number of halogens is 1. The predicted molar refractivity (Wildman–Crippen MR) is 84.5 cm³/mol. The number of benzene rings is 2. The molecule has 0 unspecified atom stereocenters. The minimum Gasteiger partial charge on any atom is -0.324 e. The van der Waals surface area contributed by atoms with Crippen LogP contribution in [-0.4, -0.2) is 0 Å². The van der Waals surface area contributed by atoms with E-state index in [1.54, 1.807) is 24.8 Å². The first-order valence-electron chi connectivity index (χ1n) is 6.71. The maximum absolute atomic E-state index is 13.7. The molecule has 0 aromatic heterocycles. The zero-order valence-corrected chi connectivity index (χ0v) is 12.9. The van der Waals surface area contributed by atoms with E-state index >= 15 is 0 Å². The molecule has 2 aromatic rings. The molecule has 0 aliphatic carbocycles. The van der Waals surface area contributed by atoms with Gasteiger partial charge in [0.2, 0.25) is 0 Å². The van der Waals surface area contributed by atoms with Crippen molar-refractivity contribution in [2.75, 3.05) is 0 Å². The highest BCUT2D eigenvalue weighted by molar-refractivity contribution is 7.98. The summed E-state index contributed by atoms with van der Waals surface area (Å²) >= 11 is 1.71. The lowest BCUT2D eigenvalue weighted by Crippen LogP contribution is -2.07. The van der Waals surface area contributed by atoms with E-state index in [-0.39, 0.29) is 11.9 Å². The third kappa shape index (κ3) is 3.62. The first kappa shape index (κ1) is 15.1. The molecule has 2 aromatic carbocycles. The van der Waals surface area contributed by atoms with Gasteiger partial charge in [0.05, 0.1) is 0 Å². The van der Waals surface area contributed by atoms with E-state index in [0.717, 1.165) is 16.2 Å². The molecule has 1 nitrogen and oxygen atoms in total. The lowest BCUT2D eigenvalue weighted by Gasteiger charge is -2.14. The van der Waals surface area contributed by atoms with Crippen LogP contribution in [0.3, 0.4) is 0 Å². The highest BCUT2D eigenvalue weighted by Gasteiger charge is 2.11. The van der Waals surface area contributed by atoms with E-state index in [2.05, 4.69) is 31.2 Å².